The molecule has 0 saturated heterocycles. The van der Waals surface area contributed by atoms with Crippen molar-refractivity contribution >= 4 is 42.1 Å². The number of carbonyl (C=O) groups is 4. The van der Waals surface area contributed by atoms with Gasteiger partial charge in [-0.1, -0.05) is 78.3 Å². The van der Waals surface area contributed by atoms with Crippen molar-refractivity contribution in [2.75, 3.05) is 21.2 Å². The summed E-state index contributed by atoms with van der Waals surface area (Å²) in [6, 6.07) is 6.50. The molecule has 0 bridgehead atoms. The zero-order valence-electron chi connectivity index (χ0n) is 29.5. The van der Waals surface area contributed by atoms with Gasteiger partial charge in [-0.2, -0.15) is 0 Å². The molecule has 0 saturated carbocycles. The van der Waals surface area contributed by atoms with Crippen LogP contribution in [0.15, 0.2) is 35.7 Å². The number of Topliss-reactive ketones (excluding diaryl/α,β-unsaturated/α-hetero) is 1. The summed E-state index contributed by atoms with van der Waals surface area (Å²) in [5.74, 6) is -1.25. The number of thiazole rings is 1. The molecule has 2 aromatic rings. The summed E-state index contributed by atoms with van der Waals surface area (Å²) in [5.41, 5.74) is -0.803. The minimum atomic E-state index is -5.14. The van der Waals surface area contributed by atoms with Crippen LogP contribution in [0.5, 0.6) is 0 Å². The predicted octanol–water partition coefficient (Wildman–Crippen LogP) is 4.61. The zero-order valence-corrected chi connectivity index (χ0v) is 31.2. The van der Waals surface area contributed by atoms with Gasteiger partial charge in [0.15, 0.2) is 5.78 Å². The van der Waals surface area contributed by atoms with Gasteiger partial charge >= 0.3 is 7.60 Å². The van der Waals surface area contributed by atoms with Crippen LogP contribution in [0.25, 0.3) is 0 Å². The lowest BCUT2D eigenvalue weighted by Gasteiger charge is -2.37. The molecule has 1 heterocycles. The van der Waals surface area contributed by atoms with E-state index in [4.69, 9.17) is 4.74 Å². The summed E-state index contributed by atoms with van der Waals surface area (Å²) >= 11 is 1.17. The number of methoxy groups -OCH3 is 1. The lowest BCUT2D eigenvalue weighted by molar-refractivity contribution is -0.142. The molecule has 2 amide bonds. The molecule has 0 aliphatic heterocycles. The molecule has 48 heavy (non-hydrogen) atoms. The fourth-order valence-corrected chi connectivity index (χ4v) is 7.32. The Hall–Kier alpha value is -2.80. The molecule has 6 atom stereocenters. The Kier molecular flexibility index (Phi) is 16.2. The van der Waals surface area contributed by atoms with Gasteiger partial charge in [0.25, 0.3) is 11.4 Å². The molecule has 268 valence electrons. The molecular formula is C34H53N4O8PS. The van der Waals surface area contributed by atoms with Crippen LogP contribution < -0.4 is 10.6 Å². The van der Waals surface area contributed by atoms with Crippen molar-refractivity contribution in [1.82, 2.24) is 20.5 Å². The van der Waals surface area contributed by atoms with Crippen molar-refractivity contribution in [2.45, 2.75) is 91.5 Å². The molecular weight excluding hydrogens is 655 g/mol. The minimum Gasteiger partial charge on any atom is -0.374 e. The number of likely N-dealkylation sites (N-methyl/N-ethyl adjacent to an activating group) is 1. The van der Waals surface area contributed by atoms with Crippen LogP contribution in [0.3, 0.4) is 0 Å². The number of ether oxygens (including phenoxy) is 1. The highest BCUT2D eigenvalue weighted by molar-refractivity contribution is 7.70. The number of benzene rings is 1. The fraction of sp³-hybridized carbons (Fsp3) is 0.618. The average molecular weight is 709 g/mol. The maximum atomic E-state index is 14.0. The maximum absolute atomic E-state index is 14.0. The van der Waals surface area contributed by atoms with Gasteiger partial charge in [0.05, 0.1) is 6.04 Å². The molecule has 4 N–H and O–H groups in total. The molecule has 12 nitrogen and oxygen atoms in total. The summed E-state index contributed by atoms with van der Waals surface area (Å²) in [4.78, 5) is 78.3. The van der Waals surface area contributed by atoms with Gasteiger partial charge in [-0.15, -0.1) is 11.3 Å². The fourth-order valence-electron chi connectivity index (χ4n) is 5.87. The predicted molar refractivity (Wildman–Crippen MR) is 187 cm³/mol. The van der Waals surface area contributed by atoms with Gasteiger partial charge in [0, 0.05) is 50.8 Å². The number of hydrogen-bond acceptors (Lipinski definition) is 9. The molecule has 2 unspecified atom stereocenters. The number of hydrogen-bond donors (Lipinski definition) is 4. The molecule has 0 aliphatic rings. The van der Waals surface area contributed by atoms with Gasteiger partial charge < -0.3 is 30.1 Å². The number of nitrogens with zero attached hydrogens (tertiary/aromatic N) is 2. The normalized spacial score (nSPS) is 15.8. The molecule has 0 aliphatic carbocycles. The second-order valence-corrected chi connectivity index (χ2v) is 15.5. The van der Waals surface area contributed by atoms with E-state index in [1.54, 1.807) is 49.3 Å². The first-order valence-electron chi connectivity index (χ1n) is 16.4. The Morgan fingerprint density at radius 2 is 1.67 bits per heavy atom. The van der Waals surface area contributed by atoms with Crippen molar-refractivity contribution in [2.24, 2.45) is 23.7 Å². The lowest BCUT2D eigenvalue weighted by atomic mass is 9.82. The third-order valence-corrected chi connectivity index (χ3v) is 10.8. The van der Waals surface area contributed by atoms with E-state index in [2.05, 4.69) is 15.6 Å². The second kappa shape index (κ2) is 18.8. The highest BCUT2D eigenvalue weighted by atomic mass is 32.1. The third kappa shape index (κ3) is 11.4. The van der Waals surface area contributed by atoms with Crippen LogP contribution >= 0.6 is 18.9 Å². The smallest absolute Gasteiger partial charge is 0.374 e. The lowest BCUT2D eigenvalue weighted by Crippen LogP contribution is -2.47. The molecule has 1 aromatic carbocycles. The Labute approximate surface area is 288 Å². The van der Waals surface area contributed by atoms with E-state index >= 15 is 0 Å². The highest BCUT2D eigenvalue weighted by Gasteiger charge is 2.37. The van der Waals surface area contributed by atoms with Gasteiger partial charge in [-0.3, -0.25) is 23.7 Å². The topological polar surface area (TPSA) is 175 Å². The van der Waals surface area contributed by atoms with E-state index in [1.807, 2.05) is 41.5 Å². The molecule has 1 aromatic heterocycles. The summed E-state index contributed by atoms with van der Waals surface area (Å²) < 4.78 is 17.6. The SMILES string of the molecule is CCC(C)[C@H](CC(=O)[C@@H](NC)C(C)C)C(=O)N(C)[C@H](CC(OC)c1nc(C(=O)N[C@@H](Cc2ccccc2)C(=O)P(=O)(O)O)cs1)C(C)C. The molecule has 0 fully saturated rings. The second-order valence-electron chi connectivity index (χ2n) is 13.1. The number of aromatic nitrogens is 1. The van der Waals surface area contributed by atoms with Gasteiger partial charge in [-0.25, -0.2) is 4.98 Å². The Bertz CT molecular complexity index is 1410. The highest BCUT2D eigenvalue weighted by Crippen LogP contribution is 2.38. The van der Waals surface area contributed by atoms with Crippen molar-refractivity contribution < 1.29 is 38.3 Å². The van der Waals surface area contributed by atoms with Crippen LogP contribution in [-0.4, -0.2) is 82.1 Å². The Morgan fingerprint density at radius 3 is 2.17 bits per heavy atom. The van der Waals surface area contributed by atoms with E-state index in [0.717, 1.165) is 6.42 Å². The van der Waals surface area contributed by atoms with Crippen molar-refractivity contribution in [3.05, 3.63) is 52.0 Å². The minimum absolute atomic E-state index is 0.0113. The number of nitrogens with one attached hydrogen (secondary N) is 2. The first-order valence-corrected chi connectivity index (χ1v) is 18.8. The van der Waals surface area contributed by atoms with E-state index in [-0.39, 0.29) is 60.1 Å². The third-order valence-electron chi connectivity index (χ3n) is 8.95. The van der Waals surface area contributed by atoms with Gasteiger partial charge in [0.2, 0.25) is 5.91 Å². The quantitative estimate of drug-likeness (QED) is 0.142. The average Bonchev–Trinajstić information content (AvgIpc) is 3.53. The Balaban J connectivity index is 2.28. The van der Waals surface area contributed by atoms with Crippen molar-refractivity contribution in [3.8, 4) is 0 Å². The van der Waals surface area contributed by atoms with Crippen LogP contribution in [0.4, 0.5) is 0 Å². The van der Waals surface area contributed by atoms with Crippen molar-refractivity contribution in [1.29, 1.82) is 0 Å². The number of ketones is 1. The van der Waals surface area contributed by atoms with Crippen LogP contribution in [0, 0.1) is 23.7 Å². The monoisotopic (exact) mass is 708 g/mol. The molecule has 14 heteroatoms. The van der Waals surface area contributed by atoms with E-state index in [1.165, 1.54) is 23.8 Å². The molecule has 2 rings (SSSR count). The summed E-state index contributed by atoms with van der Waals surface area (Å²) in [6.07, 6.45) is 0.549. The first kappa shape index (κ1) is 41.4. The van der Waals surface area contributed by atoms with Crippen molar-refractivity contribution in [3.63, 3.8) is 0 Å². The van der Waals surface area contributed by atoms with Gasteiger partial charge in [0.1, 0.15) is 22.8 Å². The van der Waals surface area contributed by atoms with E-state index in [0.29, 0.717) is 17.0 Å². The summed E-state index contributed by atoms with van der Waals surface area (Å²) in [7, 11) is -0.109. The largest absolute Gasteiger partial charge is 0.393 e. The molecule has 0 radical (unpaired) electrons. The number of rotatable bonds is 20. The van der Waals surface area contributed by atoms with E-state index in [9.17, 15) is 33.5 Å². The number of carbonyl (C=O) groups excluding carboxylic acids is 4. The standard InChI is InChI=1S/C34H53N4O8PS/c1-10-22(6)24(17-28(39)30(35-7)21(4)5)33(41)38(8)27(20(2)3)18-29(46-9)32-37-26(19-48-32)31(40)36-25(34(42)47(43,44)45)16-23-14-12-11-13-15-23/h11-15,19-22,24-25,27,29-30,35H,10,16-18H2,1-9H3,(H,36,40)(H2,43,44,45)/t22?,24-,25-,27+,29?,30-/m0/s1. The van der Waals surface area contributed by atoms with Crippen LogP contribution in [0.2, 0.25) is 0 Å². The van der Waals surface area contributed by atoms with Gasteiger partial charge in [-0.05, 0) is 30.4 Å². The van der Waals surface area contributed by atoms with Crippen LogP contribution in [0.1, 0.15) is 88.0 Å². The van der Waals surface area contributed by atoms with Crippen LogP contribution in [-0.2, 0) is 30.1 Å². The maximum Gasteiger partial charge on any atom is 0.393 e. The summed E-state index contributed by atoms with van der Waals surface area (Å²) in [6.45, 7) is 12.0. The first-order chi connectivity index (χ1) is 22.5. The Morgan fingerprint density at radius 1 is 1.04 bits per heavy atom. The van der Waals surface area contributed by atoms with E-state index < -0.39 is 37.1 Å². The molecule has 0 spiro atoms. The number of amides is 2. The zero-order chi connectivity index (χ0) is 36.3. The summed E-state index contributed by atoms with van der Waals surface area (Å²) in [5, 5.41) is 7.51.